The van der Waals surface area contributed by atoms with E-state index in [2.05, 4.69) is 15.7 Å². The highest BCUT2D eigenvalue weighted by Crippen LogP contribution is 2.63. The average molecular weight is 395 g/mol. The third kappa shape index (κ3) is 3.33. The number of anilines is 1. The zero-order valence-corrected chi connectivity index (χ0v) is 16.8. The lowest BCUT2D eigenvalue weighted by Crippen LogP contribution is -2.60. The number of nitrogens with zero attached hydrogens (tertiary/aromatic N) is 2. The van der Waals surface area contributed by atoms with Gasteiger partial charge < -0.3 is 15.7 Å². The highest BCUT2D eigenvalue weighted by Gasteiger charge is 2.57. The van der Waals surface area contributed by atoms with Crippen molar-refractivity contribution in [1.29, 1.82) is 0 Å². The molecule has 1 aromatic carbocycles. The summed E-state index contributed by atoms with van der Waals surface area (Å²) in [4.78, 5) is 13.3. The lowest BCUT2D eigenvalue weighted by Gasteiger charge is -2.62. The zero-order valence-electron chi connectivity index (χ0n) is 16.8. The lowest BCUT2D eigenvalue weighted by molar-refractivity contribution is -0.0940. The van der Waals surface area contributed by atoms with Gasteiger partial charge in [0.1, 0.15) is 11.4 Å². The Kier molecular flexibility index (Phi) is 4.82. The van der Waals surface area contributed by atoms with Crippen LogP contribution < -0.4 is 10.6 Å². The molecule has 0 radical (unpaired) electrons. The van der Waals surface area contributed by atoms with Crippen molar-refractivity contribution in [3.8, 4) is 5.69 Å². The number of amides is 1. The van der Waals surface area contributed by atoms with Crippen LogP contribution in [0.1, 0.15) is 55.3 Å². The van der Waals surface area contributed by atoms with Crippen molar-refractivity contribution in [2.24, 2.45) is 17.3 Å². The first-order valence-electron chi connectivity index (χ1n) is 11.0. The number of aliphatic hydroxyl groups excluding tert-OH is 1. The van der Waals surface area contributed by atoms with Crippen molar-refractivity contribution in [1.82, 2.24) is 15.1 Å². The molecule has 1 amide bonds. The Hall–Kier alpha value is -2.34. The van der Waals surface area contributed by atoms with E-state index in [4.69, 9.17) is 5.11 Å². The number of benzene rings is 1. The number of para-hydroxylation sites is 1. The molecule has 2 aromatic rings. The molecule has 4 aliphatic rings. The van der Waals surface area contributed by atoms with Gasteiger partial charge in [-0.15, -0.1) is 0 Å². The van der Waals surface area contributed by atoms with Gasteiger partial charge in [-0.2, -0.15) is 5.10 Å². The largest absolute Gasteiger partial charge is 0.396 e. The molecule has 154 valence electrons. The van der Waals surface area contributed by atoms with Gasteiger partial charge in [0.05, 0.1) is 11.9 Å². The van der Waals surface area contributed by atoms with Crippen LogP contribution >= 0.6 is 0 Å². The van der Waals surface area contributed by atoms with Crippen molar-refractivity contribution in [2.45, 2.75) is 51.0 Å². The van der Waals surface area contributed by atoms with Gasteiger partial charge in [0.15, 0.2) is 0 Å². The summed E-state index contributed by atoms with van der Waals surface area (Å²) in [5.41, 5.74) is 1.84. The van der Waals surface area contributed by atoms with Crippen molar-refractivity contribution >= 4 is 11.7 Å². The first kappa shape index (κ1) is 18.7. The smallest absolute Gasteiger partial charge is 0.256 e. The minimum atomic E-state index is -0.0365. The van der Waals surface area contributed by atoms with Crippen LogP contribution in [-0.4, -0.2) is 40.0 Å². The Morgan fingerprint density at radius 2 is 1.97 bits per heavy atom. The third-order valence-corrected chi connectivity index (χ3v) is 7.30. The molecule has 4 fully saturated rings. The molecule has 2 unspecified atom stereocenters. The van der Waals surface area contributed by atoms with Crippen LogP contribution in [0.4, 0.5) is 5.82 Å². The van der Waals surface area contributed by atoms with Gasteiger partial charge in [0.25, 0.3) is 5.91 Å². The van der Waals surface area contributed by atoms with E-state index in [1.807, 2.05) is 30.3 Å². The Morgan fingerprint density at radius 1 is 1.17 bits per heavy atom. The van der Waals surface area contributed by atoms with E-state index < -0.39 is 0 Å². The Balaban J connectivity index is 1.38. The van der Waals surface area contributed by atoms with Crippen LogP contribution in [0.2, 0.25) is 0 Å². The summed E-state index contributed by atoms with van der Waals surface area (Å²) in [6.45, 7) is 0.701. The van der Waals surface area contributed by atoms with Gasteiger partial charge in [-0.3, -0.25) is 4.79 Å². The molecule has 0 saturated heterocycles. The van der Waals surface area contributed by atoms with Crippen LogP contribution in [0.5, 0.6) is 0 Å². The molecule has 6 nitrogen and oxygen atoms in total. The summed E-state index contributed by atoms with van der Waals surface area (Å²) in [5, 5.41) is 20.4. The fourth-order valence-corrected chi connectivity index (χ4v) is 6.11. The number of aliphatic hydroxyl groups is 1. The lowest BCUT2D eigenvalue weighted by atomic mass is 9.45. The topological polar surface area (TPSA) is 79.2 Å². The summed E-state index contributed by atoms with van der Waals surface area (Å²) in [5.74, 6) is 2.44. The molecule has 3 N–H and O–H groups in total. The maximum atomic E-state index is 13.3. The van der Waals surface area contributed by atoms with Crippen LogP contribution in [0.3, 0.4) is 0 Å². The van der Waals surface area contributed by atoms with Gasteiger partial charge in [-0.05, 0) is 74.3 Å². The second-order valence-corrected chi connectivity index (χ2v) is 9.20. The van der Waals surface area contributed by atoms with Gasteiger partial charge in [-0.25, -0.2) is 4.68 Å². The predicted molar refractivity (Wildman–Crippen MR) is 112 cm³/mol. The van der Waals surface area contributed by atoms with Gasteiger partial charge >= 0.3 is 0 Å². The van der Waals surface area contributed by atoms with E-state index in [-0.39, 0.29) is 18.6 Å². The molecule has 6 rings (SSSR count). The Labute approximate surface area is 171 Å². The summed E-state index contributed by atoms with van der Waals surface area (Å²) in [7, 11) is 0. The monoisotopic (exact) mass is 394 g/mol. The molecule has 1 aromatic heterocycles. The Morgan fingerprint density at radius 3 is 2.76 bits per heavy atom. The highest BCUT2D eigenvalue weighted by atomic mass is 16.3. The summed E-state index contributed by atoms with van der Waals surface area (Å²) >= 11 is 0. The van der Waals surface area contributed by atoms with Gasteiger partial charge in [-0.1, -0.05) is 18.2 Å². The van der Waals surface area contributed by atoms with E-state index in [1.54, 1.807) is 10.9 Å². The first-order valence-corrected chi connectivity index (χ1v) is 11.0. The number of carbonyl (C=O) groups is 1. The summed E-state index contributed by atoms with van der Waals surface area (Å²) in [6, 6.07) is 10.1. The number of nitrogens with one attached hydrogen (secondary N) is 2. The fourth-order valence-electron chi connectivity index (χ4n) is 6.11. The summed E-state index contributed by atoms with van der Waals surface area (Å²) < 4.78 is 1.78. The van der Waals surface area contributed by atoms with E-state index in [9.17, 15) is 4.79 Å². The number of rotatable bonds is 7. The molecule has 0 aliphatic heterocycles. The molecule has 4 saturated carbocycles. The van der Waals surface area contributed by atoms with E-state index in [0.29, 0.717) is 29.8 Å². The van der Waals surface area contributed by atoms with Crippen molar-refractivity contribution in [3.63, 3.8) is 0 Å². The zero-order chi connectivity index (χ0) is 19.8. The number of hydrogen-bond donors (Lipinski definition) is 3. The van der Waals surface area contributed by atoms with Crippen LogP contribution in [0, 0.1) is 17.3 Å². The minimum absolute atomic E-state index is 0.0365. The molecule has 29 heavy (non-hydrogen) atoms. The molecule has 6 heteroatoms. The number of carbonyl (C=O) groups excluding carboxylic acids is 1. The van der Waals surface area contributed by atoms with Crippen molar-refractivity contribution in [2.75, 3.05) is 18.5 Å². The van der Waals surface area contributed by atoms with Gasteiger partial charge in [0, 0.05) is 19.2 Å². The second kappa shape index (κ2) is 7.48. The molecular formula is C23H30N4O2. The van der Waals surface area contributed by atoms with Gasteiger partial charge in [0.2, 0.25) is 0 Å². The van der Waals surface area contributed by atoms with Crippen molar-refractivity contribution in [3.05, 3.63) is 42.1 Å². The quantitative estimate of drug-likeness (QED) is 0.629. The molecule has 1 spiro atoms. The standard InChI is InChI=1S/C23H30N4O2/c28-10-4-9-24-21-19(15-25-27(21)18-5-2-1-3-6-18)22(29)26-20-8-7-16-11-17-13-23(20,12-16)14-17/h1-3,5-6,15-17,20,24,28H,4,7-14H2,(H,26,29). The normalized spacial score (nSPS) is 29.8. The van der Waals surface area contributed by atoms with Crippen LogP contribution in [0.15, 0.2) is 36.5 Å². The first-order chi connectivity index (χ1) is 14.2. The Bertz CT molecular complexity index is 872. The molecule has 1 heterocycles. The van der Waals surface area contributed by atoms with Crippen molar-refractivity contribution < 1.29 is 9.90 Å². The average Bonchev–Trinajstić information content (AvgIpc) is 3.14. The summed E-state index contributed by atoms with van der Waals surface area (Å²) in [6.07, 6.45) is 9.91. The highest BCUT2D eigenvalue weighted by molar-refractivity contribution is 5.99. The maximum absolute atomic E-state index is 13.3. The molecular weight excluding hydrogens is 364 g/mol. The molecule has 3 bridgehead atoms. The number of aromatic nitrogens is 2. The maximum Gasteiger partial charge on any atom is 0.256 e. The molecule has 4 aliphatic carbocycles. The number of hydrogen-bond acceptors (Lipinski definition) is 4. The predicted octanol–water partition coefficient (Wildman–Crippen LogP) is 3.37. The third-order valence-electron chi connectivity index (χ3n) is 7.30. The van der Waals surface area contributed by atoms with Crippen LogP contribution in [-0.2, 0) is 0 Å². The van der Waals surface area contributed by atoms with Crippen LogP contribution in [0.25, 0.3) is 5.69 Å². The van der Waals surface area contributed by atoms with E-state index in [0.717, 1.165) is 23.9 Å². The second-order valence-electron chi connectivity index (χ2n) is 9.20. The van der Waals surface area contributed by atoms with E-state index >= 15 is 0 Å². The minimum Gasteiger partial charge on any atom is -0.396 e. The molecule has 2 atom stereocenters. The SMILES string of the molecule is O=C(NC1CCC2CC3CC1(C2)C3)c1cnn(-c2ccccc2)c1NCCCO. The van der Waals surface area contributed by atoms with E-state index in [1.165, 1.54) is 32.1 Å². The fraction of sp³-hybridized carbons (Fsp3) is 0.565.